The number of allylic oxidation sites excluding steroid dienone is 1. The highest BCUT2D eigenvalue weighted by Crippen LogP contribution is 2.66. The largest absolute Gasteiger partial charge is 0.362 e. The summed E-state index contributed by atoms with van der Waals surface area (Å²) in [4.78, 5) is 16.6. The van der Waals surface area contributed by atoms with Gasteiger partial charge >= 0.3 is 0 Å². The van der Waals surface area contributed by atoms with Crippen molar-refractivity contribution in [3.05, 3.63) is 29.6 Å². The Labute approximate surface area is 157 Å². The maximum absolute atomic E-state index is 13.3. The molecule has 2 heteroatoms. The Hall–Kier alpha value is -1.31. The maximum Gasteiger partial charge on any atom is 0.165 e. The van der Waals surface area contributed by atoms with Crippen molar-refractivity contribution >= 4 is 11.9 Å². The Morgan fingerprint density at radius 2 is 1.96 bits per heavy atom. The van der Waals surface area contributed by atoms with Crippen LogP contribution in [0.3, 0.4) is 0 Å². The van der Waals surface area contributed by atoms with Crippen LogP contribution >= 0.6 is 0 Å². The fourth-order valence-electron chi connectivity index (χ4n) is 7.72. The van der Waals surface area contributed by atoms with Crippen molar-refractivity contribution in [2.75, 3.05) is 0 Å². The van der Waals surface area contributed by atoms with E-state index in [9.17, 15) is 4.79 Å². The number of H-pyrrole nitrogens is 1. The summed E-state index contributed by atoms with van der Waals surface area (Å²) >= 11 is 0. The third-order valence-electron chi connectivity index (χ3n) is 9.17. The SMILES string of the molecule is C[C@@]12CCCC[C@@H]1CC[C@H]1[C@H]3C/C(=C\c4ccc[nH]4)C(=O)[C@]3(C)CC[C@@H]12. The topological polar surface area (TPSA) is 32.9 Å². The number of hydrogen-bond donors (Lipinski definition) is 1. The van der Waals surface area contributed by atoms with Gasteiger partial charge < -0.3 is 4.98 Å². The number of rotatable bonds is 1. The highest BCUT2D eigenvalue weighted by Gasteiger charge is 2.60. The molecule has 0 aromatic carbocycles. The lowest BCUT2D eigenvalue weighted by Gasteiger charge is -2.59. The smallest absolute Gasteiger partial charge is 0.165 e. The van der Waals surface area contributed by atoms with Crippen LogP contribution in [0.2, 0.25) is 0 Å². The quantitative estimate of drug-likeness (QED) is 0.617. The van der Waals surface area contributed by atoms with E-state index >= 15 is 0 Å². The van der Waals surface area contributed by atoms with Crippen molar-refractivity contribution in [2.45, 2.75) is 71.6 Å². The van der Waals surface area contributed by atoms with Crippen molar-refractivity contribution < 1.29 is 4.79 Å². The van der Waals surface area contributed by atoms with E-state index in [-0.39, 0.29) is 5.41 Å². The molecule has 1 aromatic heterocycles. The second kappa shape index (κ2) is 5.84. The molecule has 1 N–H and O–H groups in total. The Morgan fingerprint density at radius 3 is 2.77 bits per heavy atom. The van der Waals surface area contributed by atoms with Gasteiger partial charge in [0.15, 0.2) is 5.78 Å². The van der Waals surface area contributed by atoms with Crippen molar-refractivity contribution in [1.82, 2.24) is 4.98 Å². The van der Waals surface area contributed by atoms with Crippen LogP contribution < -0.4 is 0 Å². The molecule has 4 fully saturated rings. The number of ketones is 1. The van der Waals surface area contributed by atoms with Crippen molar-refractivity contribution in [3.63, 3.8) is 0 Å². The predicted octanol–water partition coefficient (Wildman–Crippen LogP) is 6.01. The molecule has 1 heterocycles. The van der Waals surface area contributed by atoms with E-state index in [1.165, 1.54) is 44.9 Å². The summed E-state index contributed by atoms with van der Waals surface area (Å²) in [5, 5.41) is 0. The molecule has 5 rings (SSSR count). The molecule has 4 aliphatic rings. The van der Waals surface area contributed by atoms with Crippen LogP contribution in [0.4, 0.5) is 0 Å². The van der Waals surface area contributed by atoms with Crippen molar-refractivity contribution in [2.24, 2.45) is 34.5 Å². The Kier molecular flexibility index (Phi) is 3.78. The molecule has 4 aliphatic carbocycles. The molecule has 2 nitrogen and oxygen atoms in total. The van der Waals surface area contributed by atoms with Gasteiger partial charge in [0.05, 0.1) is 0 Å². The molecule has 0 radical (unpaired) electrons. The van der Waals surface area contributed by atoms with Crippen LogP contribution in [0.1, 0.15) is 77.3 Å². The average Bonchev–Trinajstić information content (AvgIpc) is 3.23. The number of carbonyl (C=O) groups is 1. The lowest BCUT2D eigenvalue weighted by Crippen LogP contribution is -2.52. The normalized spacial score (nSPS) is 46.7. The first-order valence-electron chi connectivity index (χ1n) is 10.9. The van der Waals surface area contributed by atoms with Crippen LogP contribution in [-0.4, -0.2) is 10.8 Å². The molecule has 0 unspecified atom stereocenters. The number of fused-ring (bicyclic) bond motifs is 5. The molecule has 4 saturated carbocycles. The molecule has 1 aromatic rings. The second-order valence-corrected chi connectivity index (χ2v) is 10.2. The Balaban J connectivity index is 1.47. The van der Waals surface area contributed by atoms with Crippen molar-refractivity contribution in [3.8, 4) is 0 Å². The van der Waals surface area contributed by atoms with E-state index in [0.717, 1.165) is 41.9 Å². The van der Waals surface area contributed by atoms with Crippen LogP contribution in [0.15, 0.2) is 23.9 Å². The summed E-state index contributed by atoms with van der Waals surface area (Å²) < 4.78 is 0. The van der Waals surface area contributed by atoms with Crippen LogP contribution in [-0.2, 0) is 4.79 Å². The molecular weight excluding hydrogens is 318 g/mol. The number of Topliss-reactive ketones (excluding diaryl/α,β-unsaturated/α-hetero) is 1. The molecule has 0 spiro atoms. The number of hydrogen-bond acceptors (Lipinski definition) is 1. The van der Waals surface area contributed by atoms with Gasteiger partial charge in [-0.2, -0.15) is 0 Å². The second-order valence-electron chi connectivity index (χ2n) is 10.2. The maximum atomic E-state index is 13.3. The minimum absolute atomic E-state index is 0.0997. The zero-order valence-corrected chi connectivity index (χ0v) is 16.4. The predicted molar refractivity (Wildman–Crippen MR) is 106 cm³/mol. The van der Waals surface area contributed by atoms with Crippen LogP contribution in [0.25, 0.3) is 6.08 Å². The highest BCUT2D eigenvalue weighted by atomic mass is 16.1. The lowest BCUT2D eigenvalue weighted by molar-refractivity contribution is -0.137. The summed E-state index contributed by atoms with van der Waals surface area (Å²) in [6.07, 6.45) is 16.0. The summed E-state index contributed by atoms with van der Waals surface area (Å²) in [5.74, 6) is 3.61. The van der Waals surface area contributed by atoms with Crippen LogP contribution in [0.5, 0.6) is 0 Å². The summed E-state index contributed by atoms with van der Waals surface area (Å²) in [6, 6.07) is 4.09. The Morgan fingerprint density at radius 1 is 1.08 bits per heavy atom. The van der Waals surface area contributed by atoms with Gasteiger partial charge in [0.25, 0.3) is 0 Å². The number of aromatic nitrogens is 1. The van der Waals surface area contributed by atoms with Gasteiger partial charge in [-0.05, 0) is 97.8 Å². The molecule has 26 heavy (non-hydrogen) atoms. The third-order valence-corrected chi connectivity index (χ3v) is 9.17. The van der Waals surface area contributed by atoms with Gasteiger partial charge in [0.2, 0.25) is 0 Å². The fourth-order valence-corrected chi connectivity index (χ4v) is 7.72. The van der Waals surface area contributed by atoms with E-state index < -0.39 is 0 Å². The van der Waals surface area contributed by atoms with Gasteiger partial charge in [-0.15, -0.1) is 0 Å². The lowest BCUT2D eigenvalue weighted by atomic mass is 9.45. The molecule has 0 bridgehead atoms. The molecule has 6 atom stereocenters. The zero-order chi connectivity index (χ0) is 17.9. The molecular formula is C24H33NO. The number of carbonyl (C=O) groups excluding carboxylic acids is 1. The number of nitrogens with one attached hydrogen (secondary N) is 1. The number of aromatic amines is 1. The first-order valence-corrected chi connectivity index (χ1v) is 10.9. The molecule has 0 amide bonds. The van der Waals surface area contributed by atoms with Gasteiger partial charge in [-0.25, -0.2) is 0 Å². The minimum atomic E-state index is -0.0997. The fraction of sp³-hybridized carbons (Fsp3) is 0.708. The molecule has 0 saturated heterocycles. The van der Waals surface area contributed by atoms with E-state index in [1.54, 1.807) is 0 Å². The monoisotopic (exact) mass is 351 g/mol. The van der Waals surface area contributed by atoms with Gasteiger partial charge in [0, 0.05) is 17.3 Å². The van der Waals surface area contributed by atoms with Gasteiger partial charge in [0.1, 0.15) is 0 Å². The molecule has 140 valence electrons. The highest BCUT2D eigenvalue weighted by molar-refractivity contribution is 6.05. The first-order chi connectivity index (χ1) is 12.5. The van der Waals surface area contributed by atoms with E-state index in [0.29, 0.717) is 17.1 Å². The summed E-state index contributed by atoms with van der Waals surface area (Å²) in [6.45, 7) is 4.91. The zero-order valence-electron chi connectivity index (χ0n) is 16.4. The van der Waals surface area contributed by atoms with E-state index in [2.05, 4.69) is 31.0 Å². The van der Waals surface area contributed by atoms with Crippen LogP contribution in [0, 0.1) is 34.5 Å². The van der Waals surface area contributed by atoms with Gasteiger partial charge in [-0.3, -0.25) is 4.79 Å². The average molecular weight is 352 g/mol. The summed E-state index contributed by atoms with van der Waals surface area (Å²) in [7, 11) is 0. The standard InChI is InChI=1S/C24H33NO/c1-23-11-4-3-6-17(23)8-9-19-20(23)10-12-24(2)21(19)15-16(22(24)26)14-18-7-5-13-25-18/h5,7,13-14,17,19-21,25H,3-4,6,8-12,15H2,1-2H3/b16-14+/t17-,19-,20+,21-,23-,24-/m1/s1. The minimum Gasteiger partial charge on any atom is -0.362 e. The van der Waals surface area contributed by atoms with Gasteiger partial charge in [-0.1, -0.05) is 26.7 Å². The van der Waals surface area contributed by atoms with E-state index in [1.807, 2.05) is 12.3 Å². The Bertz CT molecular complexity index is 731. The molecule has 0 aliphatic heterocycles. The summed E-state index contributed by atoms with van der Waals surface area (Å²) in [5.41, 5.74) is 2.61. The van der Waals surface area contributed by atoms with Crippen molar-refractivity contribution in [1.29, 1.82) is 0 Å². The first kappa shape index (κ1) is 16.8. The van der Waals surface area contributed by atoms with E-state index in [4.69, 9.17) is 0 Å². The third kappa shape index (κ3) is 2.26.